The highest BCUT2D eigenvalue weighted by atomic mass is 16.4. The van der Waals surface area contributed by atoms with E-state index in [1.807, 2.05) is 0 Å². The van der Waals surface area contributed by atoms with Gasteiger partial charge in [-0.3, -0.25) is 4.79 Å². The number of fused-ring (bicyclic) bond motifs is 5. The van der Waals surface area contributed by atoms with Crippen LogP contribution in [-0.2, 0) is 4.79 Å². The summed E-state index contributed by atoms with van der Waals surface area (Å²) in [6.45, 7) is 1.76. The minimum absolute atomic E-state index is 0.0850. The number of carbonyl (C=O) groups excluding carboxylic acids is 1. The Labute approximate surface area is 123 Å². The van der Waals surface area contributed by atoms with Crippen molar-refractivity contribution in [2.75, 3.05) is 5.32 Å². The fourth-order valence-electron chi connectivity index (χ4n) is 4.83. The van der Waals surface area contributed by atoms with Crippen LogP contribution >= 0.6 is 0 Å². The Balaban J connectivity index is 1.49. The van der Waals surface area contributed by atoms with Crippen LogP contribution in [0.3, 0.4) is 0 Å². The summed E-state index contributed by atoms with van der Waals surface area (Å²) in [5, 5.41) is 12.1. The fourth-order valence-corrected chi connectivity index (χ4v) is 4.83. The summed E-state index contributed by atoms with van der Waals surface area (Å²) in [5.74, 6) is 2.05. The van der Waals surface area contributed by atoms with Crippen LogP contribution in [0.4, 0.5) is 5.69 Å². The maximum absolute atomic E-state index is 12.4. The number of hydrogen-bond donors (Lipinski definition) is 2. The summed E-state index contributed by atoms with van der Waals surface area (Å²) < 4.78 is 0. The van der Waals surface area contributed by atoms with Crippen LogP contribution in [0.15, 0.2) is 18.2 Å². The van der Waals surface area contributed by atoms with Crippen LogP contribution in [0.5, 0.6) is 0 Å². The second kappa shape index (κ2) is 4.33. The van der Waals surface area contributed by atoms with Gasteiger partial charge in [0.05, 0.1) is 5.56 Å². The number of aromatic carboxylic acids is 1. The van der Waals surface area contributed by atoms with Crippen LogP contribution < -0.4 is 5.32 Å². The molecule has 4 rings (SSSR count). The molecule has 0 saturated heterocycles. The third-order valence-electron chi connectivity index (χ3n) is 5.77. The van der Waals surface area contributed by atoms with Crippen molar-refractivity contribution in [3.8, 4) is 0 Å². The molecule has 0 radical (unpaired) electrons. The molecule has 0 aromatic heterocycles. The molecule has 4 heteroatoms. The van der Waals surface area contributed by atoms with E-state index in [9.17, 15) is 9.59 Å². The van der Waals surface area contributed by atoms with Crippen molar-refractivity contribution in [3.05, 3.63) is 29.3 Å². The zero-order valence-electron chi connectivity index (χ0n) is 12.0. The van der Waals surface area contributed by atoms with E-state index in [-0.39, 0.29) is 17.4 Å². The number of aryl methyl sites for hydroxylation is 1. The molecule has 21 heavy (non-hydrogen) atoms. The van der Waals surface area contributed by atoms with Gasteiger partial charge in [-0.15, -0.1) is 0 Å². The van der Waals surface area contributed by atoms with Gasteiger partial charge in [-0.25, -0.2) is 4.79 Å². The standard InChI is InChI=1S/C17H19NO3/c1-8-2-5-11(7-12(8)17(20)21)18-16(19)15-13-9-3-4-10(6-9)14(13)15/h2,5,7,9-10,13-15H,3-4,6H2,1H3,(H,18,19)(H,20,21). The normalized spacial score (nSPS) is 35.4. The summed E-state index contributed by atoms with van der Waals surface area (Å²) in [5.41, 5.74) is 1.56. The second-order valence-corrected chi connectivity index (χ2v) is 6.84. The van der Waals surface area contributed by atoms with Gasteiger partial charge in [0, 0.05) is 11.6 Å². The van der Waals surface area contributed by atoms with Gasteiger partial charge in [0.2, 0.25) is 5.91 Å². The first-order chi connectivity index (χ1) is 10.1. The van der Waals surface area contributed by atoms with E-state index in [1.54, 1.807) is 25.1 Å². The molecule has 2 N–H and O–H groups in total. The molecule has 3 aliphatic rings. The number of hydrogen-bond acceptors (Lipinski definition) is 2. The van der Waals surface area contributed by atoms with Crippen LogP contribution in [0.2, 0.25) is 0 Å². The zero-order chi connectivity index (χ0) is 14.7. The SMILES string of the molecule is Cc1ccc(NC(=O)C2C3C4CCC(C4)C23)cc1C(=O)O. The molecule has 0 heterocycles. The lowest BCUT2D eigenvalue weighted by molar-refractivity contribution is -0.118. The number of carboxylic acid groups (broad SMARTS) is 1. The highest BCUT2D eigenvalue weighted by Crippen LogP contribution is 2.69. The highest BCUT2D eigenvalue weighted by Gasteiger charge is 2.67. The van der Waals surface area contributed by atoms with Crippen molar-refractivity contribution < 1.29 is 14.7 Å². The number of anilines is 1. The maximum Gasteiger partial charge on any atom is 0.336 e. The number of nitrogens with one attached hydrogen (secondary N) is 1. The summed E-state index contributed by atoms with van der Waals surface area (Å²) in [7, 11) is 0. The van der Waals surface area contributed by atoms with Gasteiger partial charge in [-0.1, -0.05) is 6.07 Å². The van der Waals surface area contributed by atoms with Crippen LogP contribution in [-0.4, -0.2) is 17.0 Å². The smallest absolute Gasteiger partial charge is 0.336 e. The lowest BCUT2D eigenvalue weighted by Gasteiger charge is -2.11. The lowest BCUT2D eigenvalue weighted by atomic mass is 10.0. The molecule has 4 nitrogen and oxygen atoms in total. The molecule has 1 aromatic rings. The van der Waals surface area contributed by atoms with Gasteiger partial charge in [0.25, 0.3) is 0 Å². The molecule has 1 amide bonds. The van der Waals surface area contributed by atoms with Crippen molar-refractivity contribution in [1.82, 2.24) is 0 Å². The predicted octanol–water partition coefficient (Wildman–Crippen LogP) is 2.92. The van der Waals surface area contributed by atoms with E-state index in [0.29, 0.717) is 23.1 Å². The topological polar surface area (TPSA) is 66.4 Å². The Bertz CT molecular complexity index is 623. The van der Waals surface area contributed by atoms with E-state index in [1.165, 1.54) is 19.3 Å². The Morgan fingerprint density at radius 2 is 1.86 bits per heavy atom. The van der Waals surface area contributed by atoms with Crippen LogP contribution in [0, 0.1) is 36.5 Å². The number of benzene rings is 1. The van der Waals surface area contributed by atoms with Crippen molar-refractivity contribution in [2.24, 2.45) is 29.6 Å². The first kappa shape index (κ1) is 12.9. The van der Waals surface area contributed by atoms with Gasteiger partial charge in [-0.2, -0.15) is 0 Å². The van der Waals surface area contributed by atoms with Gasteiger partial charge in [0.1, 0.15) is 0 Å². The largest absolute Gasteiger partial charge is 0.478 e. The number of carboxylic acids is 1. The first-order valence-corrected chi connectivity index (χ1v) is 7.71. The summed E-state index contributed by atoms with van der Waals surface area (Å²) in [6, 6.07) is 5.09. The van der Waals surface area contributed by atoms with Crippen molar-refractivity contribution >= 4 is 17.6 Å². The molecule has 4 unspecified atom stereocenters. The Kier molecular flexibility index (Phi) is 2.65. The number of amides is 1. The molecule has 1 aromatic carbocycles. The van der Waals surface area contributed by atoms with E-state index in [2.05, 4.69) is 5.32 Å². The average molecular weight is 285 g/mol. The van der Waals surface area contributed by atoms with E-state index >= 15 is 0 Å². The summed E-state index contributed by atoms with van der Waals surface area (Å²) in [6.07, 6.45) is 3.92. The Morgan fingerprint density at radius 3 is 2.48 bits per heavy atom. The molecular formula is C17H19NO3. The molecule has 3 saturated carbocycles. The number of carbonyl (C=O) groups is 2. The van der Waals surface area contributed by atoms with Crippen LogP contribution in [0.25, 0.3) is 0 Å². The lowest BCUT2D eigenvalue weighted by Crippen LogP contribution is -2.18. The molecule has 4 atom stereocenters. The monoisotopic (exact) mass is 285 g/mol. The van der Waals surface area contributed by atoms with Gasteiger partial charge in [-0.05, 0) is 67.6 Å². The Hall–Kier alpha value is -1.84. The van der Waals surface area contributed by atoms with E-state index in [0.717, 1.165) is 11.8 Å². The molecule has 3 fully saturated rings. The van der Waals surface area contributed by atoms with Gasteiger partial charge < -0.3 is 10.4 Å². The maximum atomic E-state index is 12.4. The number of rotatable bonds is 3. The molecule has 110 valence electrons. The fraction of sp³-hybridized carbons (Fsp3) is 0.529. The van der Waals surface area contributed by atoms with Crippen molar-refractivity contribution in [3.63, 3.8) is 0 Å². The minimum Gasteiger partial charge on any atom is -0.478 e. The predicted molar refractivity (Wildman–Crippen MR) is 78.1 cm³/mol. The molecule has 2 bridgehead atoms. The zero-order valence-corrected chi connectivity index (χ0v) is 12.0. The molecule has 0 aliphatic heterocycles. The van der Waals surface area contributed by atoms with Gasteiger partial charge in [0.15, 0.2) is 0 Å². The average Bonchev–Trinajstić information content (AvgIpc) is 2.90. The molecule has 0 spiro atoms. The van der Waals surface area contributed by atoms with Gasteiger partial charge >= 0.3 is 5.97 Å². The Morgan fingerprint density at radius 1 is 1.19 bits per heavy atom. The first-order valence-electron chi connectivity index (χ1n) is 7.71. The van der Waals surface area contributed by atoms with E-state index in [4.69, 9.17) is 5.11 Å². The minimum atomic E-state index is -0.954. The third kappa shape index (κ3) is 1.88. The quantitative estimate of drug-likeness (QED) is 0.897. The van der Waals surface area contributed by atoms with E-state index < -0.39 is 5.97 Å². The third-order valence-corrected chi connectivity index (χ3v) is 5.77. The molecule has 3 aliphatic carbocycles. The molecular weight excluding hydrogens is 266 g/mol. The van der Waals surface area contributed by atoms with Crippen molar-refractivity contribution in [2.45, 2.75) is 26.2 Å². The highest BCUT2D eigenvalue weighted by molar-refractivity contribution is 5.97. The summed E-state index contributed by atoms with van der Waals surface area (Å²) >= 11 is 0. The van der Waals surface area contributed by atoms with Crippen molar-refractivity contribution in [1.29, 1.82) is 0 Å². The van der Waals surface area contributed by atoms with Crippen LogP contribution in [0.1, 0.15) is 35.2 Å². The second-order valence-electron chi connectivity index (χ2n) is 6.84. The summed E-state index contributed by atoms with van der Waals surface area (Å²) in [4.78, 5) is 23.6.